The highest BCUT2D eigenvalue weighted by atomic mass is 16.5. The molecule has 0 fully saturated rings. The Morgan fingerprint density at radius 3 is 1.94 bits per heavy atom. The van der Waals surface area contributed by atoms with E-state index in [9.17, 15) is 33.6 Å². The molecule has 7 amide bonds. The van der Waals surface area contributed by atoms with E-state index in [1.807, 2.05) is 47.6 Å². The van der Waals surface area contributed by atoms with Gasteiger partial charge in [-0.2, -0.15) is 0 Å². The van der Waals surface area contributed by atoms with Gasteiger partial charge in [0, 0.05) is 81.0 Å². The van der Waals surface area contributed by atoms with Crippen molar-refractivity contribution in [2.24, 2.45) is 15.9 Å². The standard InChI is InChI=1S/C59H64N8O12/c1-34(2)55(64-52(68)11-8-7-9-20-65-53(69)18-19-54(65)70)57(72)62-35(3)56(71)63-40-15-12-36(13-16-40)38-24-42-31-61-47-29-51(48(76-5)26-44(47)58(73)66(42)32-38)79-22-10-21-78-50-28-46-45(27-49(50)77-6)59(74)67-33-39-25-43(75-4)17-14-37(39)23-41(67)30-60-46/h12-19,25-32,34-35,41-42,55H,7-11,20-24,33H2,1-6H3,(H,62,72)(H,63,71)(H,64,68)/t35-,41-,42-,55?/m0/s1. The number of amides is 7. The number of unbranched alkanes of at least 4 members (excludes halogenated alkanes) is 2. The molecule has 5 heterocycles. The first-order valence-electron chi connectivity index (χ1n) is 26.5. The molecule has 5 aliphatic heterocycles. The zero-order valence-electron chi connectivity index (χ0n) is 45.0. The van der Waals surface area contributed by atoms with E-state index in [1.54, 1.807) is 75.4 Å². The summed E-state index contributed by atoms with van der Waals surface area (Å²) in [6.45, 7) is 6.38. The van der Waals surface area contributed by atoms with Crippen molar-refractivity contribution in [3.63, 3.8) is 0 Å². The molecule has 20 heteroatoms. The summed E-state index contributed by atoms with van der Waals surface area (Å²) in [7, 11) is 4.66. The predicted molar refractivity (Wildman–Crippen MR) is 295 cm³/mol. The van der Waals surface area contributed by atoms with E-state index in [1.165, 1.54) is 26.4 Å². The zero-order chi connectivity index (χ0) is 55.9. The average Bonchev–Trinajstić information content (AvgIpc) is 4.12. The number of nitrogens with one attached hydrogen (secondary N) is 3. The maximum Gasteiger partial charge on any atom is 0.260 e. The van der Waals surface area contributed by atoms with Gasteiger partial charge >= 0.3 is 0 Å². The van der Waals surface area contributed by atoms with Crippen LogP contribution in [0.2, 0.25) is 0 Å². The molecule has 0 aromatic heterocycles. The van der Waals surface area contributed by atoms with Gasteiger partial charge in [0.2, 0.25) is 17.7 Å². The first-order valence-corrected chi connectivity index (χ1v) is 26.5. The Bertz CT molecular complexity index is 3170. The van der Waals surface area contributed by atoms with Gasteiger partial charge in [0.15, 0.2) is 23.0 Å². The van der Waals surface area contributed by atoms with Crippen molar-refractivity contribution in [2.45, 2.75) is 96.4 Å². The molecule has 0 spiro atoms. The summed E-state index contributed by atoms with van der Waals surface area (Å²) < 4.78 is 29.1. The first-order chi connectivity index (χ1) is 38.1. The molecule has 4 aromatic rings. The summed E-state index contributed by atoms with van der Waals surface area (Å²) in [5.74, 6) is -0.221. The van der Waals surface area contributed by atoms with Crippen molar-refractivity contribution in [1.29, 1.82) is 0 Å². The molecule has 1 unspecified atom stereocenters. The van der Waals surface area contributed by atoms with Gasteiger partial charge in [-0.05, 0) is 90.8 Å². The van der Waals surface area contributed by atoms with Gasteiger partial charge in [0.1, 0.15) is 17.8 Å². The fourth-order valence-electron chi connectivity index (χ4n) is 10.0. The van der Waals surface area contributed by atoms with Gasteiger partial charge in [-0.25, -0.2) is 0 Å². The predicted octanol–water partition coefficient (Wildman–Crippen LogP) is 6.88. The summed E-state index contributed by atoms with van der Waals surface area (Å²) in [6, 6.07) is 17.5. The average molecular weight is 1080 g/mol. The zero-order valence-corrected chi connectivity index (χ0v) is 45.0. The molecule has 0 aliphatic carbocycles. The van der Waals surface area contributed by atoms with Crippen LogP contribution in [0.3, 0.4) is 0 Å². The fraction of sp³-hybridized carbons (Fsp3) is 0.373. The van der Waals surface area contributed by atoms with E-state index in [-0.39, 0.29) is 73.7 Å². The minimum atomic E-state index is -0.925. The SMILES string of the molecule is COc1ccc2c(c1)CN1C(=O)c3cc(OC)c(OCCCOc4cc5c(cc4OC)C(=O)N4C=C(c6ccc(NC(=O)[C@H](C)NC(=O)C(NC(=O)CCCCCN7C(=O)C=CC7=O)C(C)C)cc6)C[C@H]4C=N5)cc3N=C[C@@H]1C2. The molecule has 0 radical (unpaired) electrons. The molecule has 20 nitrogen and oxygen atoms in total. The lowest BCUT2D eigenvalue weighted by molar-refractivity contribution is -0.137. The molecule has 79 heavy (non-hydrogen) atoms. The maximum atomic E-state index is 14.1. The second-order valence-corrected chi connectivity index (χ2v) is 20.2. The number of aliphatic imine (C=N–C) groups is 2. The van der Waals surface area contributed by atoms with Crippen molar-refractivity contribution in [1.82, 2.24) is 25.3 Å². The van der Waals surface area contributed by atoms with Gasteiger partial charge in [-0.15, -0.1) is 0 Å². The van der Waals surface area contributed by atoms with E-state index in [0.717, 1.165) is 32.9 Å². The van der Waals surface area contributed by atoms with E-state index >= 15 is 0 Å². The lowest BCUT2D eigenvalue weighted by atomic mass is 9.94. The Labute approximate surface area is 457 Å². The van der Waals surface area contributed by atoms with E-state index in [4.69, 9.17) is 33.7 Å². The number of hydrogen-bond acceptors (Lipinski definition) is 14. The maximum absolute atomic E-state index is 14.1. The quantitative estimate of drug-likeness (QED) is 0.0540. The lowest BCUT2D eigenvalue weighted by Crippen LogP contribution is -2.53. The number of rotatable bonds is 22. The third kappa shape index (κ3) is 12.3. The first kappa shape index (κ1) is 55.0. The van der Waals surface area contributed by atoms with Gasteiger partial charge < -0.3 is 49.4 Å². The van der Waals surface area contributed by atoms with E-state index in [2.05, 4.69) is 16.0 Å². The smallest absolute Gasteiger partial charge is 0.260 e. The molecule has 4 aromatic carbocycles. The van der Waals surface area contributed by atoms with E-state index in [0.29, 0.717) is 96.3 Å². The monoisotopic (exact) mass is 1080 g/mol. The van der Waals surface area contributed by atoms with Crippen LogP contribution in [0, 0.1) is 5.92 Å². The molecular weight excluding hydrogens is 1010 g/mol. The molecule has 4 atom stereocenters. The molecule has 0 bridgehead atoms. The molecule has 9 rings (SSSR count). The number of hydrogen-bond donors (Lipinski definition) is 3. The minimum Gasteiger partial charge on any atom is -0.497 e. The highest BCUT2D eigenvalue weighted by Gasteiger charge is 2.36. The highest BCUT2D eigenvalue weighted by Crippen LogP contribution is 2.41. The Balaban J connectivity index is 0.743. The van der Waals surface area contributed by atoms with Crippen molar-refractivity contribution in [3.8, 4) is 28.7 Å². The number of anilines is 1. The van der Waals surface area contributed by atoms with Crippen LogP contribution in [-0.2, 0) is 36.9 Å². The lowest BCUT2D eigenvalue weighted by Gasteiger charge is -2.34. The molecular formula is C59H64N8O12. The fourth-order valence-corrected chi connectivity index (χ4v) is 10.0. The van der Waals surface area contributed by atoms with Crippen LogP contribution in [0.5, 0.6) is 28.7 Å². The second-order valence-electron chi connectivity index (χ2n) is 20.2. The van der Waals surface area contributed by atoms with Crippen LogP contribution >= 0.6 is 0 Å². The molecule has 412 valence electrons. The highest BCUT2D eigenvalue weighted by molar-refractivity contribution is 6.13. The number of benzene rings is 4. The molecule has 0 saturated heterocycles. The van der Waals surface area contributed by atoms with Crippen LogP contribution in [0.1, 0.15) is 96.7 Å². The third-order valence-corrected chi connectivity index (χ3v) is 14.5. The topological polar surface area (TPSA) is 236 Å². The molecule has 5 aliphatic rings. The number of carbonyl (C=O) groups is 7. The van der Waals surface area contributed by atoms with Crippen molar-refractivity contribution in [2.75, 3.05) is 46.4 Å². The second kappa shape index (κ2) is 24.2. The van der Waals surface area contributed by atoms with Crippen LogP contribution < -0.4 is 39.6 Å². The number of imide groups is 1. The third-order valence-electron chi connectivity index (χ3n) is 14.5. The van der Waals surface area contributed by atoms with E-state index < -0.39 is 23.9 Å². The van der Waals surface area contributed by atoms with Gasteiger partial charge in [0.25, 0.3) is 23.6 Å². The van der Waals surface area contributed by atoms with Gasteiger partial charge in [0.05, 0.1) is 69.1 Å². The Morgan fingerprint density at radius 2 is 1.30 bits per heavy atom. The minimum absolute atomic E-state index is 0.143. The van der Waals surface area contributed by atoms with Crippen LogP contribution in [0.15, 0.2) is 95.1 Å². The Hall–Kier alpha value is -8.81. The normalized spacial score (nSPS) is 17.6. The number of ether oxygens (including phenoxy) is 5. The van der Waals surface area contributed by atoms with Crippen LogP contribution in [0.25, 0.3) is 5.57 Å². The van der Waals surface area contributed by atoms with Crippen LogP contribution in [-0.4, -0.2) is 134 Å². The summed E-state index contributed by atoms with van der Waals surface area (Å²) in [5, 5.41) is 8.34. The number of carbonyl (C=O) groups excluding carboxylic acids is 7. The molecule has 3 N–H and O–H groups in total. The summed E-state index contributed by atoms with van der Waals surface area (Å²) in [6.07, 6.45) is 11.3. The summed E-state index contributed by atoms with van der Waals surface area (Å²) >= 11 is 0. The van der Waals surface area contributed by atoms with Gasteiger partial charge in [-0.3, -0.25) is 48.4 Å². The van der Waals surface area contributed by atoms with Crippen molar-refractivity contribution in [3.05, 3.63) is 113 Å². The number of nitrogens with zero attached hydrogens (tertiary/aromatic N) is 5. The Morgan fingerprint density at radius 1 is 0.658 bits per heavy atom. The summed E-state index contributed by atoms with van der Waals surface area (Å²) in [5.41, 5.74) is 6.14. The Kier molecular flexibility index (Phi) is 16.9. The largest absolute Gasteiger partial charge is 0.497 e. The number of fused-ring (bicyclic) bond motifs is 5. The number of methoxy groups -OCH3 is 3. The summed E-state index contributed by atoms with van der Waals surface area (Å²) in [4.78, 5) is 105. The van der Waals surface area contributed by atoms with Crippen molar-refractivity contribution < 1.29 is 57.2 Å². The molecule has 0 saturated carbocycles. The van der Waals surface area contributed by atoms with Gasteiger partial charge in [-0.1, -0.05) is 38.5 Å². The van der Waals surface area contributed by atoms with Crippen molar-refractivity contribution >= 4 is 76.4 Å². The van der Waals surface area contributed by atoms with Crippen LogP contribution in [0.4, 0.5) is 17.1 Å².